The van der Waals surface area contributed by atoms with E-state index in [0.29, 0.717) is 18.8 Å². The minimum Gasteiger partial charge on any atom is -0.451 e. The van der Waals surface area contributed by atoms with Crippen LogP contribution in [0, 0.1) is 11.3 Å². The summed E-state index contributed by atoms with van der Waals surface area (Å²) in [5.74, 6) is -1.71. The molecule has 1 aliphatic rings. The highest BCUT2D eigenvalue weighted by Gasteiger charge is 2.27. The highest BCUT2D eigenvalue weighted by atomic mass is 35.5. The number of hydrogen-bond donors (Lipinski definition) is 1. The molecule has 1 fully saturated rings. The third-order valence-electron chi connectivity index (χ3n) is 4.61. The number of nitriles is 1. The van der Waals surface area contributed by atoms with E-state index in [-0.39, 0.29) is 34.3 Å². The Labute approximate surface area is 196 Å². The molecule has 33 heavy (non-hydrogen) atoms. The van der Waals surface area contributed by atoms with E-state index < -0.39 is 28.5 Å². The van der Waals surface area contributed by atoms with Crippen LogP contribution >= 0.6 is 11.6 Å². The molecule has 1 N–H and O–H groups in total. The van der Waals surface area contributed by atoms with E-state index in [4.69, 9.17) is 21.1 Å². The Morgan fingerprint density at radius 1 is 1.18 bits per heavy atom. The van der Waals surface area contributed by atoms with Gasteiger partial charge in [-0.1, -0.05) is 41.9 Å². The fourth-order valence-corrected chi connectivity index (χ4v) is 4.54. The van der Waals surface area contributed by atoms with Crippen molar-refractivity contribution in [1.82, 2.24) is 4.31 Å². The fraction of sp³-hybridized carbons (Fsp3) is 0.227. The van der Waals surface area contributed by atoms with Crippen LogP contribution in [0.4, 0.5) is 5.69 Å². The number of morpholine rings is 1. The van der Waals surface area contributed by atoms with Crippen molar-refractivity contribution in [3.8, 4) is 6.07 Å². The molecular weight excluding hydrogens is 470 g/mol. The number of carbonyl (C=O) groups is 2. The van der Waals surface area contributed by atoms with Gasteiger partial charge >= 0.3 is 5.97 Å². The number of esters is 1. The zero-order valence-electron chi connectivity index (χ0n) is 17.4. The van der Waals surface area contributed by atoms with Gasteiger partial charge in [-0.3, -0.25) is 4.79 Å². The highest BCUT2D eigenvalue weighted by Crippen LogP contribution is 2.27. The minimum atomic E-state index is -3.79. The van der Waals surface area contributed by atoms with Crippen molar-refractivity contribution in [2.24, 2.45) is 0 Å². The monoisotopic (exact) mass is 489 g/mol. The first-order valence-electron chi connectivity index (χ1n) is 9.82. The zero-order chi connectivity index (χ0) is 23.8. The van der Waals surface area contributed by atoms with E-state index >= 15 is 0 Å². The summed E-state index contributed by atoms with van der Waals surface area (Å²) in [6, 6.07) is 14.4. The van der Waals surface area contributed by atoms with Gasteiger partial charge in [0.25, 0.3) is 5.91 Å². The second kappa shape index (κ2) is 11.1. The van der Waals surface area contributed by atoms with Crippen LogP contribution in [0.2, 0.25) is 5.02 Å². The molecule has 2 aromatic rings. The van der Waals surface area contributed by atoms with Gasteiger partial charge in [0.15, 0.2) is 6.61 Å². The molecule has 0 radical (unpaired) electrons. The van der Waals surface area contributed by atoms with Crippen molar-refractivity contribution in [2.45, 2.75) is 4.90 Å². The van der Waals surface area contributed by atoms with Gasteiger partial charge in [-0.05, 0) is 29.8 Å². The topological polar surface area (TPSA) is 126 Å². The summed E-state index contributed by atoms with van der Waals surface area (Å²) in [6.07, 6.45) is 1.34. The van der Waals surface area contributed by atoms with Crippen LogP contribution in [-0.4, -0.2) is 57.5 Å². The molecule has 2 aromatic carbocycles. The lowest BCUT2D eigenvalue weighted by Crippen LogP contribution is -2.40. The summed E-state index contributed by atoms with van der Waals surface area (Å²) in [6.45, 7) is 0.348. The minimum absolute atomic E-state index is 0.0429. The molecule has 0 unspecified atom stereocenters. The van der Waals surface area contributed by atoms with E-state index in [2.05, 4.69) is 5.32 Å². The van der Waals surface area contributed by atoms with Crippen molar-refractivity contribution < 1.29 is 27.5 Å². The predicted octanol–water partition coefficient (Wildman–Crippen LogP) is 2.45. The fourth-order valence-electron chi connectivity index (χ4n) is 2.94. The number of anilines is 1. The first-order chi connectivity index (χ1) is 15.8. The predicted molar refractivity (Wildman–Crippen MR) is 121 cm³/mol. The quantitative estimate of drug-likeness (QED) is 0.359. The number of rotatable bonds is 7. The summed E-state index contributed by atoms with van der Waals surface area (Å²) < 4.78 is 37.0. The molecule has 0 saturated carbocycles. The van der Waals surface area contributed by atoms with E-state index in [0.717, 1.165) is 0 Å². The standard InChI is InChI=1S/C22H20ClN3O6S/c23-19-7-6-18(33(29,30)26-8-10-31-11-9-26)13-20(19)25-21(27)15-32-22(28)17(14-24)12-16-4-2-1-3-5-16/h1-7,12-13H,8-11,15H2,(H,25,27)/b17-12-. The molecule has 9 nitrogen and oxygen atoms in total. The lowest BCUT2D eigenvalue weighted by Gasteiger charge is -2.26. The number of nitrogens with one attached hydrogen (secondary N) is 1. The second-order valence-electron chi connectivity index (χ2n) is 6.86. The first-order valence-corrected chi connectivity index (χ1v) is 11.6. The molecule has 0 aliphatic carbocycles. The maximum absolute atomic E-state index is 12.8. The third-order valence-corrected chi connectivity index (χ3v) is 6.83. The van der Waals surface area contributed by atoms with Crippen molar-refractivity contribution >= 4 is 45.3 Å². The van der Waals surface area contributed by atoms with Crippen molar-refractivity contribution in [1.29, 1.82) is 5.26 Å². The highest BCUT2D eigenvalue weighted by molar-refractivity contribution is 7.89. The SMILES string of the molecule is N#C/C(=C/c1ccccc1)C(=O)OCC(=O)Nc1cc(S(=O)(=O)N2CCOCC2)ccc1Cl. The molecule has 11 heteroatoms. The van der Waals surface area contributed by atoms with Crippen LogP contribution in [0.3, 0.4) is 0 Å². The molecule has 172 valence electrons. The Morgan fingerprint density at radius 3 is 2.55 bits per heavy atom. The number of sulfonamides is 1. The average molecular weight is 490 g/mol. The Balaban J connectivity index is 1.65. The van der Waals surface area contributed by atoms with Gasteiger partial charge in [-0.2, -0.15) is 9.57 Å². The Morgan fingerprint density at radius 2 is 1.88 bits per heavy atom. The van der Waals surface area contributed by atoms with Gasteiger partial charge in [0.05, 0.1) is 28.8 Å². The zero-order valence-corrected chi connectivity index (χ0v) is 18.9. The molecule has 1 aliphatic heterocycles. The van der Waals surface area contributed by atoms with Crippen LogP contribution in [0.15, 0.2) is 59.0 Å². The third kappa shape index (κ3) is 6.40. The lowest BCUT2D eigenvalue weighted by atomic mass is 10.1. The summed E-state index contributed by atoms with van der Waals surface area (Å²) in [7, 11) is -3.79. The molecular formula is C22H20ClN3O6S. The number of carbonyl (C=O) groups excluding carboxylic acids is 2. The van der Waals surface area contributed by atoms with Crippen LogP contribution in [0.25, 0.3) is 6.08 Å². The normalized spacial score (nSPS) is 14.8. The average Bonchev–Trinajstić information content (AvgIpc) is 2.83. The smallest absolute Gasteiger partial charge is 0.349 e. The Kier molecular flexibility index (Phi) is 8.19. The van der Waals surface area contributed by atoms with E-state index in [9.17, 15) is 23.3 Å². The lowest BCUT2D eigenvalue weighted by molar-refractivity contribution is -0.142. The number of halogens is 1. The number of hydrogen-bond acceptors (Lipinski definition) is 7. The Hall–Kier alpha value is -3.23. The first kappa shape index (κ1) is 24.4. The van der Waals surface area contributed by atoms with Crippen LogP contribution in [-0.2, 0) is 29.1 Å². The summed E-state index contributed by atoms with van der Waals surface area (Å²) in [4.78, 5) is 24.4. The number of nitrogens with zero attached hydrogens (tertiary/aromatic N) is 2. The van der Waals surface area contributed by atoms with Crippen LogP contribution < -0.4 is 5.32 Å². The largest absolute Gasteiger partial charge is 0.451 e. The van der Waals surface area contributed by atoms with Gasteiger partial charge in [-0.15, -0.1) is 0 Å². The van der Waals surface area contributed by atoms with Crippen molar-refractivity contribution in [3.63, 3.8) is 0 Å². The van der Waals surface area contributed by atoms with Gasteiger partial charge in [-0.25, -0.2) is 13.2 Å². The molecule has 1 saturated heterocycles. The number of amides is 1. The molecule has 1 heterocycles. The Bertz CT molecular complexity index is 1200. The van der Waals surface area contributed by atoms with E-state index in [1.54, 1.807) is 36.4 Å². The van der Waals surface area contributed by atoms with Crippen molar-refractivity contribution in [2.75, 3.05) is 38.2 Å². The molecule has 1 amide bonds. The van der Waals surface area contributed by atoms with Gasteiger partial charge in [0.1, 0.15) is 11.6 Å². The van der Waals surface area contributed by atoms with Gasteiger partial charge in [0, 0.05) is 13.1 Å². The van der Waals surface area contributed by atoms with E-state index in [1.165, 1.54) is 28.6 Å². The molecule has 0 aromatic heterocycles. The molecule has 3 rings (SSSR count). The summed E-state index contributed by atoms with van der Waals surface area (Å²) in [5.41, 5.74) is 0.401. The molecule has 0 bridgehead atoms. The van der Waals surface area contributed by atoms with Crippen LogP contribution in [0.1, 0.15) is 5.56 Å². The molecule has 0 spiro atoms. The second-order valence-corrected chi connectivity index (χ2v) is 9.21. The van der Waals surface area contributed by atoms with Crippen molar-refractivity contribution in [3.05, 3.63) is 64.7 Å². The summed E-state index contributed by atoms with van der Waals surface area (Å²) >= 11 is 6.10. The van der Waals surface area contributed by atoms with Gasteiger partial charge < -0.3 is 14.8 Å². The summed E-state index contributed by atoms with van der Waals surface area (Å²) in [5, 5.41) is 11.7. The number of benzene rings is 2. The van der Waals surface area contributed by atoms with E-state index in [1.807, 2.05) is 0 Å². The maximum Gasteiger partial charge on any atom is 0.349 e. The van der Waals surface area contributed by atoms with Crippen LogP contribution in [0.5, 0.6) is 0 Å². The number of ether oxygens (including phenoxy) is 2. The maximum atomic E-state index is 12.8. The molecule has 0 atom stereocenters. The van der Waals surface area contributed by atoms with Gasteiger partial charge in [0.2, 0.25) is 10.0 Å².